The van der Waals surface area contributed by atoms with Crippen LogP contribution >= 0.6 is 0 Å². The van der Waals surface area contributed by atoms with Crippen LogP contribution in [-0.4, -0.2) is 28.7 Å². The number of hydrogen-bond acceptors (Lipinski definition) is 5. The lowest BCUT2D eigenvalue weighted by atomic mass is 9.65. The summed E-state index contributed by atoms with van der Waals surface area (Å²) in [5.41, 5.74) is -1.83. The SMILES string of the molecule is C=C1OC(=O)[C@]2(C1=O)[C@H](C)C=CC(=O)[C@H]2O. The van der Waals surface area contributed by atoms with Crippen molar-refractivity contribution in [3.63, 3.8) is 0 Å². The van der Waals surface area contributed by atoms with Crippen molar-refractivity contribution in [2.45, 2.75) is 13.0 Å². The fraction of sp³-hybridized carbons (Fsp3) is 0.364. The predicted octanol–water partition coefficient (Wildman–Crippen LogP) is -0.252. The van der Waals surface area contributed by atoms with Crippen molar-refractivity contribution in [1.29, 1.82) is 0 Å². The third kappa shape index (κ3) is 1.01. The Bertz CT molecular complexity index is 447. The molecule has 1 N–H and O–H groups in total. The number of ether oxygens (including phenoxy) is 1. The van der Waals surface area contributed by atoms with Gasteiger partial charge in [-0.05, 0) is 6.08 Å². The molecule has 3 atom stereocenters. The minimum Gasteiger partial charge on any atom is -0.422 e. The first kappa shape index (κ1) is 10.8. The van der Waals surface area contributed by atoms with Crippen LogP contribution in [0, 0.1) is 11.3 Å². The van der Waals surface area contributed by atoms with E-state index in [1.54, 1.807) is 6.92 Å². The molecule has 0 bridgehead atoms. The summed E-state index contributed by atoms with van der Waals surface area (Å²) < 4.78 is 4.63. The number of aliphatic hydroxyl groups excluding tert-OH is 1. The van der Waals surface area contributed by atoms with Crippen LogP contribution in [0.1, 0.15) is 6.92 Å². The highest BCUT2D eigenvalue weighted by atomic mass is 16.6. The van der Waals surface area contributed by atoms with E-state index in [9.17, 15) is 19.5 Å². The second-order valence-electron chi connectivity index (χ2n) is 3.96. The maximum absolute atomic E-state index is 11.9. The number of allylic oxidation sites excluding steroid dienone is 2. The molecule has 5 heteroatoms. The van der Waals surface area contributed by atoms with E-state index in [2.05, 4.69) is 11.3 Å². The number of rotatable bonds is 0. The second-order valence-corrected chi connectivity index (χ2v) is 3.96. The maximum atomic E-state index is 11.9. The number of carbonyl (C=O) groups is 3. The zero-order valence-corrected chi connectivity index (χ0v) is 8.60. The Morgan fingerprint density at radius 2 is 2.06 bits per heavy atom. The summed E-state index contributed by atoms with van der Waals surface area (Å²) in [5.74, 6) is -3.20. The largest absolute Gasteiger partial charge is 0.422 e. The Labute approximate surface area is 91.4 Å². The molecule has 1 saturated heterocycles. The van der Waals surface area contributed by atoms with Gasteiger partial charge in [-0.1, -0.05) is 19.6 Å². The number of cyclic esters (lactones) is 1. The molecule has 0 radical (unpaired) electrons. The highest BCUT2D eigenvalue weighted by molar-refractivity contribution is 6.21. The molecule has 84 valence electrons. The lowest BCUT2D eigenvalue weighted by molar-refractivity contribution is -0.161. The fourth-order valence-electron chi connectivity index (χ4n) is 2.15. The summed E-state index contributed by atoms with van der Waals surface area (Å²) in [6.07, 6.45) is 0.904. The zero-order chi connectivity index (χ0) is 12.1. The van der Waals surface area contributed by atoms with Crippen LogP contribution in [-0.2, 0) is 19.1 Å². The van der Waals surface area contributed by atoms with E-state index in [-0.39, 0.29) is 5.76 Å². The third-order valence-electron chi connectivity index (χ3n) is 3.15. The molecule has 0 saturated carbocycles. The predicted molar refractivity (Wildman–Crippen MR) is 52.0 cm³/mol. The molecule has 1 heterocycles. The molecule has 1 aliphatic heterocycles. The number of Topliss-reactive ketones (excluding diaryl/α,β-unsaturated/α-hetero) is 1. The van der Waals surface area contributed by atoms with Crippen LogP contribution < -0.4 is 0 Å². The topological polar surface area (TPSA) is 80.7 Å². The van der Waals surface area contributed by atoms with Gasteiger partial charge in [-0.2, -0.15) is 0 Å². The Morgan fingerprint density at radius 3 is 2.56 bits per heavy atom. The van der Waals surface area contributed by atoms with Gasteiger partial charge in [0.2, 0.25) is 5.78 Å². The van der Waals surface area contributed by atoms with Crippen LogP contribution in [0.25, 0.3) is 0 Å². The smallest absolute Gasteiger partial charge is 0.329 e. The number of esters is 1. The van der Waals surface area contributed by atoms with Crippen LogP contribution in [0.15, 0.2) is 24.5 Å². The van der Waals surface area contributed by atoms with Crippen LogP contribution in [0.3, 0.4) is 0 Å². The molecule has 1 fully saturated rings. The van der Waals surface area contributed by atoms with Crippen molar-refractivity contribution in [3.8, 4) is 0 Å². The molecule has 0 aromatic heterocycles. The van der Waals surface area contributed by atoms with Gasteiger partial charge in [0.25, 0.3) is 0 Å². The molecule has 1 spiro atoms. The molecule has 5 nitrogen and oxygen atoms in total. The van der Waals surface area contributed by atoms with Crippen molar-refractivity contribution < 1.29 is 24.2 Å². The Hall–Kier alpha value is -1.75. The lowest BCUT2D eigenvalue weighted by Crippen LogP contribution is -2.54. The average Bonchev–Trinajstić information content (AvgIpc) is 2.45. The molecule has 1 aliphatic carbocycles. The Kier molecular flexibility index (Phi) is 2.10. The van der Waals surface area contributed by atoms with E-state index in [0.29, 0.717) is 0 Å². The summed E-state index contributed by atoms with van der Waals surface area (Å²) in [7, 11) is 0. The normalized spacial score (nSPS) is 38.4. The number of ketones is 2. The molecule has 0 amide bonds. The van der Waals surface area contributed by atoms with E-state index in [0.717, 1.165) is 0 Å². The minimum absolute atomic E-state index is 0.320. The first-order chi connectivity index (χ1) is 7.42. The average molecular weight is 222 g/mol. The number of carbonyl (C=O) groups excluding carboxylic acids is 3. The van der Waals surface area contributed by atoms with Crippen molar-refractivity contribution in [3.05, 3.63) is 24.5 Å². The Balaban J connectivity index is 2.63. The second kappa shape index (κ2) is 3.12. The van der Waals surface area contributed by atoms with Crippen molar-refractivity contribution >= 4 is 17.5 Å². The van der Waals surface area contributed by atoms with E-state index in [4.69, 9.17) is 0 Å². The van der Waals surface area contributed by atoms with E-state index < -0.39 is 35.0 Å². The minimum atomic E-state index is -1.83. The maximum Gasteiger partial charge on any atom is 0.329 e. The van der Waals surface area contributed by atoms with E-state index in [1.165, 1.54) is 12.2 Å². The molecular formula is C11H10O5. The molecular weight excluding hydrogens is 212 g/mol. The number of aliphatic hydroxyl groups is 1. The molecule has 0 aromatic carbocycles. The van der Waals surface area contributed by atoms with Gasteiger partial charge >= 0.3 is 5.97 Å². The summed E-state index contributed by atoms with van der Waals surface area (Å²) in [5, 5.41) is 9.79. The summed E-state index contributed by atoms with van der Waals surface area (Å²) >= 11 is 0. The van der Waals surface area contributed by atoms with Gasteiger partial charge in [0.1, 0.15) is 6.10 Å². The highest BCUT2D eigenvalue weighted by Crippen LogP contribution is 2.45. The van der Waals surface area contributed by atoms with Crippen molar-refractivity contribution in [2.75, 3.05) is 0 Å². The van der Waals surface area contributed by atoms with Crippen LogP contribution in [0.5, 0.6) is 0 Å². The number of hydrogen-bond donors (Lipinski definition) is 1. The van der Waals surface area contributed by atoms with Gasteiger partial charge < -0.3 is 9.84 Å². The third-order valence-corrected chi connectivity index (χ3v) is 3.15. The van der Waals surface area contributed by atoms with Gasteiger partial charge in [-0.15, -0.1) is 0 Å². The first-order valence-electron chi connectivity index (χ1n) is 4.78. The van der Waals surface area contributed by atoms with Crippen LogP contribution in [0.2, 0.25) is 0 Å². The van der Waals surface area contributed by atoms with Gasteiger partial charge in [-0.25, -0.2) is 0 Å². The van der Waals surface area contributed by atoms with Gasteiger partial charge in [-0.3, -0.25) is 14.4 Å². The van der Waals surface area contributed by atoms with E-state index in [1.807, 2.05) is 0 Å². The van der Waals surface area contributed by atoms with Gasteiger partial charge in [0.15, 0.2) is 17.0 Å². The first-order valence-corrected chi connectivity index (χ1v) is 4.78. The highest BCUT2D eigenvalue weighted by Gasteiger charge is 2.64. The zero-order valence-electron chi connectivity index (χ0n) is 8.60. The summed E-state index contributed by atoms with van der Waals surface area (Å²) in [6.45, 7) is 4.86. The molecule has 2 aliphatic rings. The molecule has 0 unspecified atom stereocenters. The Morgan fingerprint density at radius 1 is 1.44 bits per heavy atom. The van der Waals surface area contributed by atoms with Crippen molar-refractivity contribution in [2.24, 2.45) is 11.3 Å². The summed E-state index contributed by atoms with van der Waals surface area (Å²) in [6, 6.07) is 0. The van der Waals surface area contributed by atoms with E-state index >= 15 is 0 Å². The van der Waals surface area contributed by atoms with Gasteiger partial charge in [0.05, 0.1) is 0 Å². The molecule has 2 rings (SSSR count). The summed E-state index contributed by atoms with van der Waals surface area (Å²) in [4.78, 5) is 34.9. The lowest BCUT2D eigenvalue weighted by Gasteiger charge is -2.33. The fourth-order valence-corrected chi connectivity index (χ4v) is 2.15. The van der Waals surface area contributed by atoms with Crippen molar-refractivity contribution in [1.82, 2.24) is 0 Å². The monoisotopic (exact) mass is 222 g/mol. The van der Waals surface area contributed by atoms with Crippen LogP contribution in [0.4, 0.5) is 0 Å². The van der Waals surface area contributed by atoms with Gasteiger partial charge in [0, 0.05) is 5.92 Å². The molecule has 0 aromatic rings. The standard InChI is InChI=1S/C11H10O5/c1-5-3-4-7(12)9(14)11(5)8(13)6(2)16-10(11)15/h3-5,9,14H,2H2,1H3/t5-,9-,11+/m1/s1. The molecule has 16 heavy (non-hydrogen) atoms. The quantitative estimate of drug-likeness (QED) is 0.347.